The highest BCUT2D eigenvalue weighted by molar-refractivity contribution is 9.10. The van der Waals surface area contributed by atoms with Crippen LogP contribution in [0.2, 0.25) is 5.02 Å². The normalized spacial score (nSPS) is 16.5. The maximum Gasteiger partial charge on any atom is 0.137 e. The van der Waals surface area contributed by atoms with Crippen LogP contribution in [0.25, 0.3) is 0 Å². The largest absolute Gasteiger partial charge is 0.299 e. The highest BCUT2D eigenvalue weighted by atomic mass is 79.9. The van der Waals surface area contributed by atoms with E-state index in [4.69, 9.17) is 11.6 Å². The molecule has 1 aromatic carbocycles. The molecular formula is C16H20BrClO. The zero-order chi connectivity index (χ0) is 13.7. The highest BCUT2D eigenvalue weighted by Gasteiger charge is 2.15. The lowest BCUT2D eigenvalue weighted by molar-refractivity contribution is -0.118. The van der Waals surface area contributed by atoms with Gasteiger partial charge in [0.2, 0.25) is 0 Å². The van der Waals surface area contributed by atoms with E-state index in [0.717, 1.165) is 22.4 Å². The van der Waals surface area contributed by atoms with Crippen molar-refractivity contribution in [3.63, 3.8) is 0 Å². The minimum atomic E-state index is 0.315. The molecule has 1 aliphatic rings. The first-order valence-corrected chi connectivity index (χ1v) is 8.28. The van der Waals surface area contributed by atoms with Crippen LogP contribution in [0.4, 0.5) is 0 Å². The predicted molar refractivity (Wildman–Crippen MR) is 83.7 cm³/mol. The molecule has 1 nitrogen and oxygen atoms in total. The molecule has 1 saturated carbocycles. The van der Waals surface area contributed by atoms with Crippen LogP contribution in [0.15, 0.2) is 22.7 Å². The van der Waals surface area contributed by atoms with Gasteiger partial charge in [-0.1, -0.05) is 65.7 Å². The number of carbonyl (C=O) groups is 1. The van der Waals surface area contributed by atoms with Gasteiger partial charge < -0.3 is 0 Å². The number of carbonyl (C=O) groups excluding carboxylic acids is 1. The van der Waals surface area contributed by atoms with Gasteiger partial charge in [-0.05, 0) is 30.0 Å². The van der Waals surface area contributed by atoms with E-state index in [-0.39, 0.29) is 0 Å². The van der Waals surface area contributed by atoms with Crippen LogP contribution >= 0.6 is 27.5 Å². The molecule has 2 rings (SSSR count). The van der Waals surface area contributed by atoms with Crippen LogP contribution < -0.4 is 0 Å². The van der Waals surface area contributed by atoms with Gasteiger partial charge in [-0.3, -0.25) is 4.79 Å². The molecule has 104 valence electrons. The summed E-state index contributed by atoms with van der Waals surface area (Å²) in [5, 5.41) is 0.681. The summed E-state index contributed by atoms with van der Waals surface area (Å²) in [5.74, 6) is 1.09. The van der Waals surface area contributed by atoms with Crippen LogP contribution in [-0.4, -0.2) is 5.78 Å². The van der Waals surface area contributed by atoms with Gasteiger partial charge in [0.25, 0.3) is 0 Å². The first-order chi connectivity index (χ1) is 9.15. The standard InChI is InChI=1S/C16H20BrClO/c17-14-8-7-13(16(18)11-14)10-15(19)9-6-12-4-2-1-3-5-12/h7-8,11-12H,1-6,9-10H2. The third-order valence-electron chi connectivity index (χ3n) is 3.96. The lowest BCUT2D eigenvalue weighted by Gasteiger charge is -2.20. The quantitative estimate of drug-likeness (QED) is 0.682. The topological polar surface area (TPSA) is 17.1 Å². The van der Waals surface area contributed by atoms with Crippen molar-refractivity contribution in [3.8, 4) is 0 Å². The monoisotopic (exact) mass is 342 g/mol. The first kappa shape index (κ1) is 15.1. The number of hydrogen-bond donors (Lipinski definition) is 0. The average molecular weight is 344 g/mol. The Morgan fingerprint density at radius 2 is 2.00 bits per heavy atom. The Balaban J connectivity index is 1.80. The highest BCUT2D eigenvalue weighted by Crippen LogP contribution is 2.28. The van der Waals surface area contributed by atoms with E-state index in [1.54, 1.807) is 0 Å². The minimum Gasteiger partial charge on any atom is -0.299 e. The Labute approximate surface area is 128 Å². The van der Waals surface area contributed by atoms with Crippen LogP contribution in [-0.2, 0) is 11.2 Å². The number of rotatable bonds is 5. The van der Waals surface area contributed by atoms with Crippen LogP contribution in [0.1, 0.15) is 50.5 Å². The molecule has 0 radical (unpaired) electrons. The molecule has 19 heavy (non-hydrogen) atoms. The van der Waals surface area contributed by atoms with E-state index >= 15 is 0 Å². The van der Waals surface area contributed by atoms with E-state index in [2.05, 4.69) is 15.9 Å². The Morgan fingerprint density at radius 1 is 1.26 bits per heavy atom. The molecule has 0 N–H and O–H groups in total. The molecule has 0 saturated heterocycles. The molecule has 3 heteroatoms. The van der Waals surface area contributed by atoms with Crippen molar-refractivity contribution in [2.24, 2.45) is 5.92 Å². The van der Waals surface area contributed by atoms with Gasteiger partial charge in [0.1, 0.15) is 5.78 Å². The van der Waals surface area contributed by atoms with Gasteiger partial charge >= 0.3 is 0 Å². The maximum atomic E-state index is 12.0. The zero-order valence-electron chi connectivity index (χ0n) is 11.1. The molecule has 0 heterocycles. The second-order valence-electron chi connectivity index (χ2n) is 5.49. The summed E-state index contributed by atoms with van der Waals surface area (Å²) >= 11 is 9.52. The van der Waals surface area contributed by atoms with Crippen molar-refractivity contribution in [1.82, 2.24) is 0 Å². The van der Waals surface area contributed by atoms with Crippen LogP contribution in [0.3, 0.4) is 0 Å². The minimum absolute atomic E-state index is 0.315. The summed E-state index contributed by atoms with van der Waals surface area (Å²) < 4.78 is 0.955. The number of hydrogen-bond acceptors (Lipinski definition) is 1. The molecule has 0 atom stereocenters. The molecule has 0 aromatic heterocycles. The fourth-order valence-electron chi connectivity index (χ4n) is 2.81. The molecule has 1 aromatic rings. The smallest absolute Gasteiger partial charge is 0.137 e. The molecule has 0 spiro atoms. The molecule has 1 aliphatic carbocycles. The fraction of sp³-hybridized carbons (Fsp3) is 0.562. The number of benzene rings is 1. The van der Waals surface area contributed by atoms with Crippen LogP contribution in [0.5, 0.6) is 0 Å². The van der Waals surface area contributed by atoms with E-state index in [0.29, 0.717) is 23.6 Å². The first-order valence-electron chi connectivity index (χ1n) is 7.11. The predicted octanol–water partition coefficient (Wildman–Crippen LogP) is 5.57. The van der Waals surface area contributed by atoms with Gasteiger partial charge in [-0.15, -0.1) is 0 Å². The SMILES string of the molecule is O=C(CCC1CCCCC1)Cc1ccc(Br)cc1Cl. The average Bonchev–Trinajstić information content (AvgIpc) is 2.41. The maximum absolute atomic E-state index is 12.0. The van der Waals surface area contributed by atoms with E-state index in [1.807, 2.05) is 18.2 Å². The Kier molecular flexibility index (Phi) is 5.90. The number of halogens is 2. The molecule has 0 amide bonds. The van der Waals surface area contributed by atoms with Gasteiger partial charge in [0, 0.05) is 22.3 Å². The van der Waals surface area contributed by atoms with Crippen molar-refractivity contribution < 1.29 is 4.79 Å². The summed E-state index contributed by atoms with van der Waals surface area (Å²) in [6.45, 7) is 0. The lowest BCUT2D eigenvalue weighted by Crippen LogP contribution is -2.10. The van der Waals surface area contributed by atoms with E-state index in [9.17, 15) is 4.79 Å². The second kappa shape index (κ2) is 7.44. The summed E-state index contributed by atoms with van der Waals surface area (Å²) in [4.78, 5) is 12.0. The van der Waals surface area contributed by atoms with Crippen molar-refractivity contribution >= 4 is 33.3 Å². The summed E-state index contributed by atoms with van der Waals surface area (Å²) in [7, 11) is 0. The van der Waals surface area contributed by atoms with Gasteiger partial charge in [0.15, 0.2) is 0 Å². The van der Waals surface area contributed by atoms with E-state index in [1.165, 1.54) is 32.1 Å². The van der Waals surface area contributed by atoms with Gasteiger partial charge in [0.05, 0.1) is 0 Å². The van der Waals surface area contributed by atoms with Crippen molar-refractivity contribution in [1.29, 1.82) is 0 Å². The van der Waals surface area contributed by atoms with Crippen molar-refractivity contribution in [3.05, 3.63) is 33.3 Å². The molecular weight excluding hydrogens is 324 g/mol. The second-order valence-corrected chi connectivity index (χ2v) is 6.82. The van der Waals surface area contributed by atoms with Gasteiger partial charge in [-0.25, -0.2) is 0 Å². The molecule has 1 fully saturated rings. The van der Waals surface area contributed by atoms with Crippen molar-refractivity contribution in [2.75, 3.05) is 0 Å². The fourth-order valence-corrected chi connectivity index (χ4v) is 3.55. The van der Waals surface area contributed by atoms with Gasteiger partial charge in [-0.2, -0.15) is 0 Å². The third-order valence-corrected chi connectivity index (χ3v) is 4.80. The number of Topliss-reactive ketones (excluding diaryl/α,β-unsaturated/α-hetero) is 1. The van der Waals surface area contributed by atoms with Crippen LogP contribution in [0, 0.1) is 5.92 Å². The summed E-state index contributed by atoms with van der Waals surface area (Å²) in [6, 6.07) is 5.73. The Morgan fingerprint density at radius 3 is 2.68 bits per heavy atom. The molecule has 0 bridgehead atoms. The summed E-state index contributed by atoms with van der Waals surface area (Å²) in [6.07, 6.45) is 8.93. The molecule has 0 unspecified atom stereocenters. The third kappa shape index (κ3) is 4.92. The van der Waals surface area contributed by atoms with E-state index < -0.39 is 0 Å². The lowest BCUT2D eigenvalue weighted by atomic mass is 9.85. The molecule has 0 aliphatic heterocycles. The Hall–Kier alpha value is -0.340. The van der Waals surface area contributed by atoms with Crippen molar-refractivity contribution in [2.45, 2.75) is 51.4 Å². The Bertz CT molecular complexity index is 438. The zero-order valence-corrected chi connectivity index (χ0v) is 13.5. The summed E-state index contributed by atoms with van der Waals surface area (Å²) in [5.41, 5.74) is 0.943. The number of ketones is 1.